The Morgan fingerprint density at radius 1 is 1.27 bits per heavy atom. The Morgan fingerprint density at radius 3 is 2.86 bits per heavy atom. The van der Waals surface area contributed by atoms with E-state index >= 15 is 0 Å². The van der Waals surface area contributed by atoms with Gasteiger partial charge in [-0.15, -0.1) is 0 Å². The molecule has 0 saturated heterocycles. The van der Waals surface area contributed by atoms with Crippen molar-refractivity contribution in [3.63, 3.8) is 0 Å². The summed E-state index contributed by atoms with van der Waals surface area (Å²) >= 11 is 0. The summed E-state index contributed by atoms with van der Waals surface area (Å²) in [5.41, 5.74) is 2.82. The van der Waals surface area contributed by atoms with Crippen LogP contribution in [-0.2, 0) is 9.59 Å². The summed E-state index contributed by atoms with van der Waals surface area (Å²) in [6.45, 7) is 1.75. The van der Waals surface area contributed by atoms with E-state index in [9.17, 15) is 9.59 Å². The number of fused-ring (bicyclic) bond motifs is 1. The smallest absolute Gasteiger partial charge is 0.277 e. The molecule has 2 N–H and O–H groups in total. The van der Waals surface area contributed by atoms with Crippen molar-refractivity contribution in [3.05, 3.63) is 47.8 Å². The molecule has 1 aliphatic heterocycles. The fraction of sp³-hybridized carbons (Fsp3) is 0.188. The zero-order valence-electron chi connectivity index (χ0n) is 12.0. The second kappa shape index (κ2) is 5.57. The fourth-order valence-electron chi connectivity index (χ4n) is 2.43. The van der Waals surface area contributed by atoms with E-state index in [1.165, 1.54) is 6.08 Å². The van der Waals surface area contributed by atoms with E-state index in [1.54, 1.807) is 6.20 Å². The van der Waals surface area contributed by atoms with E-state index in [0.29, 0.717) is 5.69 Å². The molecule has 0 atom stereocenters. The number of nitrogens with one attached hydrogen (secondary N) is 1. The SMILES string of the molecule is Cc1ccnc2cc(NC3=CC(=O)N(CCO)C3=O)ccc12. The Bertz CT molecular complexity index is 798. The van der Waals surface area contributed by atoms with Crippen LogP contribution in [0.4, 0.5) is 5.69 Å². The Kier molecular flexibility index (Phi) is 3.60. The number of imide groups is 1. The molecule has 0 fully saturated rings. The lowest BCUT2D eigenvalue weighted by Crippen LogP contribution is -2.34. The molecule has 2 amide bonds. The molecule has 6 heteroatoms. The van der Waals surface area contributed by atoms with Gasteiger partial charge in [0, 0.05) is 23.3 Å². The van der Waals surface area contributed by atoms with Crippen molar-refractivity contribution in [1.29, 1.82) is 0 Å². The van der Waals surface area contributed by atoms with Gasteiger partial charge in [-0.1, -0.05) is 6.07 Å². The Balaban J connectivity index is 1.86. The minimum absolute atomic E-state index is 0.00217. The molecule has 3 rings (SSSR count). The molecule has 0 aliphatic carbocycles. The van der Waals surface area contributed by atoms with Crippen LogP contribution >= 0.6 is 0 Å². The van der Waals surface area contributed by atoms with Crippen LogP contribution in [0.2, 0.25) is 0 Å². The maximum absolute atomic E-state index is 12.1. The van der Waals surface area contributed by atoms with Gasteiger partial charge < -0.3 is 10.4 Å². The van der Waals surface area contributed by atoms with Crippen LogP contribution in [0.3, 0.4) is 0 Å². The van der Waals surface area contributed by atoms with Gasteiger partial charge in [-0.2, -0.15) is 0 Å². The number of rotatable bonds is 4. The molecule has 0 spiro atoms. The van der Waals surface area contributed by atoms with Gasteiger partial charge in [-0.3, -0.25) is 19.5 Å². The van der Waals surface area contributed by atoms with Crippen molar-refractivity contribution in [2.45, 2.75) is 6.92 Å². The summed E-state index contributed by atoms with van der Waals surface area (Å²) in [5, 5.41) is 12.9. The lowest BCUT2D eigenvalue weighted by Gasteiger charge is -2.13. The number of carbonyl (C=O) groups excluding carboxylic acids is 2. The fourth-order valence-corrected chi connectivity index (χ4v) is 2.43. The first-order chi connectivity index (χ1) is 10.6. The highest BCUT2D eigenvalue weighted by atomic mass is 16.3. The third-order valence-electron chi connectivity index (χ3n) is 3.57. The van der Waals surface area contributed by atoms with E-state index < -0.39 is 11.8 Å². The molecular weight excluding hydrogens is 282 g/mol. The number of aryl methyl sites for hydroxylation is 1. The molecule has 0 unspecified atom stereocenters. The van der Waals surface area contributed by atoms with E-state index in [2.05, 4.69) is 10.3 Å². The highest BCUT2D eigenvalue weighted by molar-refractivity contribution is 6.17. The van der Waals surface area contributed by atoms with Gasteiger partial charge in [-0.25, -0.2) is 0 Å². The van der Waals surface area contributed by atoms with Crippen LogP contribution in [0.15, 0.2) is 42.2 Å². The largest absolute Gasteiger partial charge is 0.395 e. The molecule has 1 aromatic carbocycles. The van der Waals surface area contributed by atoms with Crippen molar-refractivity contribution in [1.82, 2.24) is 9.88 Å². The van der Waals surface area contributed by atoms with Crippen LogP contribution in [0, 0.1) is 6.92 Å². The van der Waals surface area contributed by atoms with E-state index in [1.807, 2.05) is 31.2 Å². The normalized spacial score (nSPS) is 14.6. The van der Waals surface area contributed by atoms with Gasteiger partial charge in [0.15, 0.2) is 0 Å². The number of pyridine rings is 1. The van der Waals surface area contributed by atoms with Crippen molar-refractivity contribution < 1.29 is 14.7 Å². The predicted octanol–water partition coefficient (Wildman–Crippen LogP) is 1.20. The van der Waals surface area contributed by atoms with Gasteiger partial charge in [-0.05, 0) is 30.7 Å². The maximum atomic E-state index is 12.1. The van der Waals surface area contributed by atoms with E-state index in [-0.39, 0.29) is 18.8 Å². The molecule has 2 aromatic rings. The number of aromatic nitrogens is 1. The number of hydrogen-bond acceptors (Lipinski definition) is 5. The van der Waals surface area contributed by atoms with Crippen LogP contribution in [0.5, 0.6) is 0 Å². The first kappa shape index (κ1) is 14.2. The minimum Gasteiger partial charge on any atom is -0.395 e. The maximum Gasteiger partial charge on any atom is 0.277 e. The van der Waals surface area contributed by atoms with Gasteiger partial charge in [0.2, 0.25) is 0 Å². The van der Waals surface area contributed by atoms with Gasteiger partial charge in [0.25, 0.3) is 11.8 Å². The topological polar surface area (TPSA) is 82.5 Å². The molecule has 1 aromatic heterocycles. The predicted molar refractivity (Wildman–Crippen MR) is 82.0 cm³/mol. The number of anilines is 1. The molecule has 0 radical (unpaired) electrons. The number of hydrogen-bond donors (Lipinski definition) is 2. The Morgan fingerprint density at radius 2 is 2.09 bits per heavy atom. The van der Waals surface area contributed by atoms with Crippen LogP contribution in [-0.4, -0.2) is 40.0 Å². The molecule has 1 aliphatic rings. The zero-order chi connectivity index (χ0) is 15.7. The number of aliphatic hydroxyl groups excluding tert-OH is 1. The highest BCUT2D eigenvalue weighted by Gasteiger charge is 2.30. The molecule has 22 heavy (non-hydrogen) atoms. The van der Waals surface area contributed by atoms with Gasteiger partial charge >= 0.3 is 0 Å². The Hall–Kier alpha value is -2.73. The highest BCUT2D eigenvalue weighted by Crippen LogP contribution is 2.22. The van der Waals surface area contributed by atoms with Crippen LogP contribution < -0.4 is 5.32 Å². The second-order valence-corrected chi connectivity index (χ2v) is 5.06. The molecule has 6 nitrogen and oxygen atoms in total. The number of amides is 2. The summed E-state index contributed by atoms with van der Waals surface area (Å²) in [7, 11) is 0. The molecule has 2 heterocycles. The van der Waals surface area contributed by atoms with Gasteiger partial charge in [0.1, 0.15) is 5.70 Å². The van der Waals surface area contributed by atoms with E-state index in [0.717, 1.165) is 21.4 Å². The summed E-state index contributed by atoms with van der Waals surface area (Å²) < 4.78 is 0. The second-order valence-electron chi connectivity index (χ2n) is 5.06. The number of aliphatic hydroxyl groups is 1. The van der Waals surface area contributed by atoms with Crippen LogP contribution in [0.1, 0.15) is 5.56 Å². The monoisotopic (exact) mass is 297 g/mol. The average Bonchev–Trinajstić information content (AvgIpc) is 2.75. The van der Waals surface area contributed by atoms with Crippen molar-refractivity contribution in [2.75, 3.05) is 18.5 Å². The molecular formula is C16H15N3O3. The lowest BCUT2D eigenvalue weighted by atomic mass is 10.1. The first-order valence-electron chi connectivity index (χ1n) is 6.91. The van der Waals surface area contributed by atoms with Crippen LogP contribution in [0.25, 0.3) is 10.9 Å². The summed E-state index contributed by atoms with van der Waals surface area (Å²) in [6, 6.07) is 7.52. The van der Waals surface area contributed by atoms with E-state index in [4.69, 9.17) is 5.11 Å². The molecule has 0 saturated carbocycles. The number of nitrogens with zero attached hydrogens (tertiary/aromatic N) is 2. The lowest BCUT2D eigenvalue weighted by molar-refractivity contribution is -0.137. The zero-order valence-corrected chi connectivity index (χ0v) is 12.0. The first-order valence-corrected chi connectivity index (χ1v) is 6.91. The minimum atomic E-state index is -0.434. The number of β-amino-alcohol motifs (C(OH)–C–C–N with tert-alkyl or cyclic N) is 1. The third kappa shape index (κ3) is 2.44. The molecule has 112 valence electrons. The number of carbonyl (C=O) groups is 2. The number of benzene rings is 1. The standard InChI is InChI=1S/C16H15N3O3/c1-10-4-5-17-13-8-11(2-3-12(10)13)18-14-9-15(21)19(6-7-20)16(14)22/h2-5,8-9,18,20H,6-7H2,1H3. The summed E-state index contributed by atoms with van der Waals surface area (Å²) in [5.74, 6) is -0.854. The third-order valence-corrected chi connectivity index (χ3v) is 3.57. The molecule has 0 bridgehead atoms. The van der Waals surface area contributed by atoms with Crippen molar-refractivity contribution in [2.24, 2.45) is 0 Å². The Labute approximate surface area is 127 Å². The quantitative estimate of drug-likeness (QED) is 0.829. The van der Waals surface area contributed by atoms with Gasteiger partial charge in [0.05, 0.1) is 18.7 Å². The summed E-state index contributed by atoms with van der Waals surface area (Å²) in [4.78, 5) is 29.1. The van der Waals surface area contributed by atoms with Crippen molar-refractivity contribution >= 4 is 28.4 Å². The van der Waals surface area contributed by atoms with Crippen molar-refractivity contribution in [3.8, 4) is 0 Å². The average molecular weight is 297 g/mol. The summed E-state index contributed by atoms with van der Waals surface area (Å²) in [6.07, 6.45) is 2.97.